The summed E-state index contributed by atoms with van der Waals surface area (Å²) < 4.78 is 5.38. The molecule has 1 atom stereocenters. The van der Waals surface area contributed by atoms with Gasteiger partial charge in [-0.3, -0.25) is 4.90 Å². The van der Waals surface area contributed by atoms with Gasteiger partial charge in [0.1, 0.15) is 0 Å². The number of hydrogen-bond donors (Lipinski definition) is 2. The number of anilines is 2. The molecule has 5 heteroatoms. The maximum absolute atomic E-state index is 12.2. The van der Waals surface area contributed by atoms with Crippen LogP contribution in [-0.4, -0.2) is 37.2 Å². The fraction of sp³-hybridized carbons (Fsp3) is 0.409. The van der Waals surface area contributed by atoms with E-state index in [4.69, 9.17) is 4.74 Å². The molecule has 144 valence electrons. The number of nitrogens with zero attached hydrogens (tertiary/aromatic N) is 1. The van der Waals surface area contributed by atoms with Gasteiger partial charge in [-0.15, -0.1) is 0 Å². The Bertz CT molecular complexity index is 722. The third-order valence-corrected chi connectivity index (χ3v) is 5.07. The van der Waals surface area contributed by atoms with Gasteiger partial charge in [0.2, 0.25) is 0 Å². The Labute approximate surface area is 161 Å². The van der Waals surface area contributed by atoms with Crippen LogP contribution in [0.25, 0.3) is 0 Å². The third kappa shape index (κ3) is 5.81. The number of rotatable bonds is 6. The number of carbonyl (C=O) groups excluding carboxylic acids is 1. The summed E-state index contributed by atoms with van der Waals surface area (Å²) in [5.74, 6) is 0.531. The minimum absolute atomic E-state index is 0.229. The normalized spacial score (nSPS) is 15.9. The number of carbonyl (C=O) groups is 1. The van der Waals surface area contributed by atoms with Crippen molar-refractivity contribution in [1.82, 2.24) is 4.90 Å². The highest BCUT2D eigenvalue weighted by Crippen LogP contribution is 2.20. The summed E-state index contributed by atoms with van der Waals surface area (Å²) in [4.78, 5) is 14.6. The van der Waals surface area contributed by atoms with E-state index in [-0.39, 0.29) is 6.03 Å². The van der Waals surface area contributed by atoms with Crippen LogP contribution in [0.1, 0.15) is 37.3 Å². The number of urea groups is 1. The molecule has 1 aliphatic rings. The van der Waals surface area contributed by atoms with E-state index < -0.39 is 0 Å². The van der Waals surface area contributed by atoms with Crippen LogP contribution in [0, 0.1) is 0 Å². The SMILES string of the molecule is CCC(C)c1ccc(NC(=O)Nc2ccc(CN3CCOCC3)cc2)cc1. The van der Waals surface area contributed by atoms with Gasteiger partial charge in [0.25, 0.3) is 0 Å². The summed E-state index contributed by atoms with van der Waals surface area (Å²) in [7, 11) is 0. The Morgan fingerprint density at radius 1 is 1.00 bits per heavy atom. The van der Waals surface area contributed by atoms with Crippen LogP contribution in [0.4, 0.5) is 16.2 Å². The van der Waals surface area contributed by atoms with E-state index in [2.05, 4.69) is 53.6 Å². The van der Waals surface area contributed by atoms with Crippen molar-refractivity contribution in [3.63, 3.8) is 0 Å². The van der Waals surface area contributed by atoms with Crippen molar-refractivity contribution < 1.29 is 9.53 Å². The summed E-state index contributed by atoms with van der Waals surface area (Å²) in [6.45, 7) is 8.85. The van der Waals surface area contributed by atoms with Crippen molar-refractivity contribution in [2.24, 2.45) is 0 Å². The predicted octanol–water partition coefficient (Wildman–Crippen LogP) is 4.68. The Balaban J connectivity index is 1.50. The summed E-state index contributed by atoms with van der Waals surface area (Å²) >= 11 is 0. The van der Waals surface area contributed by atoms with E-state index in [1.54, 1.807) is 0 Å². The van der Waals surface area contributed by atoms with Crippen molar-refractivity contribution in [2.75, 3.05) is 36.9 Å². The van der Waals surface area contributed by atoms with E-state index in [9.17, 15) is 4.79 Å². The fourth-order valence-corrected chi connectivity index (χ4v) is 3.14. The zero-order valence-corrected chi connectivity index (χ0v) is 16.2. The third-order valence-electron chi connectivity index (χ3n) is 5.07. The molecule has 2 aromatic rings. The first-order valence-corrected chi connectivity index (χ1v) is 9.71. The molecular formula is C22H29N3O2. The van der Waals surface area contributed by atoms with E-state index in [0.29, 0.717) is 5.92 Å². The van der Waals surface area contributed by atoms with Crippen LogP contribution in [-0.2, 0) is 11.3 Å². The molecule has 2 N–H and O–H groups in total. The van der Waals surface area contributed by atoms with Gasteiger partial charge in [0, 0.05) is 31.0 Å². The number of nitrogens with one attached hydrogen (secondary N) is 2. The number of ether oxygens (including phenoxy) is 1. The highest BCUT2D eigenvalue weighted by Gasteiger charge is 2.11. The standard InChI is InChI=1S/C22H29N3O2/c1-3-17(2)19-6-10-21(11-7-19)24-22(26)23-20-8-4-18(5-9-20)16-25-12-14-27-15-13-25/h4-11,17H,3,12-16H2,1-2H3,(H2,23,24,26). The van der Waals surface area contributed by atoms with Gasteiger partial charge < -0.3 is 15.4 Å². The molecule has 2 amide bonds. The van der Waals surface area contributed by atoms with E-state index in [0.717, 1.165) is 50.6 Å². The molecule has 27 heavy (non-hydrogen) atoms. The molecule has 0 bridgehead atoms. The molecule has 5 nitrogen and oxygen atoms in total. The molecule has 0 saturated carbocycles. The van der Waals surface area contributed by atoms with Crippen LogP contribution in [0.2, 0.25) is 0 Å². The number of amides is 2. The molecule has 0 aliphatic carbocycles. The highest BCUT2D eigenvalue weighted by atomic mass is 16.5. The lowest BCUT2D eigenvalue weighted by atomic mass is 9.99. The molecule has 3 rings (SSSR count). The lowest BCUT2D eigenvalue weighted by molar-refractivity contribution is 0.0342. The average molecular weight is 367 g/mol. The molecule has 1 heterocycles. The molecule has 1 unspecified atom stereocenters. The monoisotopic (exact) mass is 367 g/mol. The molecule has 2 aromatic carbocycles. The van der Waals surface area contributed by atoms with Gasteiger partial charge in [-0.1, -0.05) is 38.1 Å². The maximum atomic E-state index is 12.2. The van der Waals surface area contributed by atoms with Crippen molar-refractivity contribution in [1.29, 1.82) is 0 Å². The van der Waals surface area contributed by atoms with Crippen molar-refractivity contribution in [3.05, 3.63) is 59.7 Å². The van der Waals surface area contributed by atoms with Gasteiger partial charge in [0.15, 0.2) is 0 Å². The van der Waals surface area contributed by atoms with Crippen molar-refractivity contribution >= 4 is 17.4 Å². The van der Waals surface area contributed by atoms with E-state index in [1.807, 2.05) is 24.3 Å². The van der Waals surface area contributed by atoms with E-state index >= 15 is 0 Å². The molecule has 1 aliphatic heterocycles. The lowest BCUT2D eigenvalue weighted by Crippen LogP contribution is -2.35. The minimum Gasteiger partial charge on any atom is -0.379 e. The van der Waals surface area contributed by atoms with E-state index in [1.165, 1.54) is 11.1 Å². The smallest absolute Gasteiger partial charge is 0.323 e. The number of morpholine rings is 1. The first kappa shape index (κ1) is 19.4. The second kappa shape index (κ2) is 9.53. The zero-order valence-electron chi connectivity index (χ0n) is 16.2. The predicted molar refractivity (Wildman–Crippen MR) is 110 cm³/mol. The molecule has 0 aromatic heterocycles. The van der Waals surface area contributed by atoms with Crippen LogP contribution >= 0.6 is 0 Å². The number of hydrogen-bond acceptors (Lipinski definition) is 3. The molecule has 0 spiro atoms. The van der Waals surface area contributed by atoms with Crippen molar-refractivity contribution in [2.45, 2.75) is 32.7 Å². The Morgan fingerprint density at radius 3 is 2.11 bits per heavy atom. The lowest BCUT2D eigenvalue weighted by Gasteiger charge is -2.26. The number of benzene rings is 2. The second-order valence-electron chi connectivity index (χ2n) is 7.10. The molecule has 1 saturated heterocycles. The Morgan fingerprint density at radius 2 is 1.56 bits per heavy atom. The zero-order chi connectivity index (χ0) is 19.1. The summed E-state index contributed by atoms with van der Waals surface area (Å²) in [5.41, 5.74) is 4.11. The quantitative estimate of drug-likeness (QED) is 0.780. The molecule has 1 fully saturated rings. The largest absolute Gasteiger partial charge is 0.379 e. The first-order chi connectivity index (χ1) is 13.1. The minimum atomic E-state index is -0.229. The first-order valence-electron chi connectivity index (χ1n) is 9.71. The molecular weight excluding hydrogens is 338 g/mol. The highest BCUT2D eigenvalue weighted by molar-refractivity contribution is 5.99. The van der Waals surface area contributed by atoms with Gasteiger partial charge >= 0.3 is 6.03 Å². The van der Waals surface area contributed by atoms with Crippen LogP contribution in [0.5, 0.6) is 0 Å². The maximum Gasteiger partial charge on any atom is 0.323 e. The fourth-order valence-electron chi connectivity index (χ4n) is 3.14. The average Bonchev–Trinajstić information content (AvgIpc) is 2.70. The van der Waals surface area contributed by atoms with Gasteiger partial charge in [-0.2, -0.15) is 0 Å². The molecule has 0 radical (unpaired) electrons. The topological polar surface area (TPSA) is 53.6 Å². The van der Waals surface area contributed by atoms with Gasteiger partial charge in [0.05, 0.1) is 13.2 Å². The Kier molecular flexibility index (Phi) is 6.85. The summed E-state index contributed by atoms with van der Waals surface area (Å²) in [5, 5.41) is 5.77. The van der Waals surface area contributed by atoms with Crippen molar-refractivity contribution in [3.8, 4) is 0 Å². The van der Waals surface area contributed by atoms with Crippen LogP contribution < -0.4 is 10.6 Å². The van der Waals surface area contributed by atoms with Crippen LogP contribution in [0.3, 0.4) is 0 Å². The van der Waals surface area contributed by atoms with Gasteiger partial charge in [-0.05, 0) is 47.7 Å². The van der Waals surface area contributed by atoms with Gasteiger partial charge in [-0.25, -0.2) is 4.79 Å². The van der Waals surface area contributed by atoms with Crippen LogP contribution in [0.15, 0.2) is 48.5 Å². The second-order valence-corrected chi connectivity index (χ2v) is 7.10. The Hall–Kier alpha value is -2.37. The summed E-state index contributed by atoms with van der Waals surface area (Å²) in [6, 6.07) is 15.8. The summed E-state index contributed by atoms with van der Waals surface area (Å²) in [6.07, 6.45) is 1.11.